The third kappa shape index (κ3) is 4.22. The van der Waals surface area contributed by atoms with Gasteiger partial charge in [0, 0.05) is 10.9 Å². The molecule has 7 heteroatoms. The van der Waals surface area contributed by atoms with Gasteiger partial charge in [-0.15, -0.1) is 11.3 Å². The van der Waals surface area contributed by atoms with Crippen LogP contribution in [0, 0.1) is 17.6 Å². The maximum Gasteiger partial charge on any atom is 0.243 e. The van der Waals surface area contributed by atoms with Gasteiger partial charge in [0.05, 0.1) is 11.7 Å². The number of nitrogens with one attached hydrogen (secondary N) is 1. The Labute approximate surface area is 149 Å². The summed E-state index contributed by atoms with van der Waals surface area (Å²) in [7, 11) is 0. The van der Waals surface area contributed by atoms with E-state index in [0.29, 0.717) is 22.3 Å². The van der Waals surface area contributed by atoms with Gasteiger partial charge in [0.1, 0.15) is 0 Å². The molecular formula is C18H21F2N3OS. The van der Waals surface area contributed by atoms with E-state index < -0.39 is 11.6 Å². The molecule has 1 saturated heterocycles. The van der Waals surface area contributed by atoms with E-state index in [-0.39, 0.29) is 11.9 Å². The van der Waals surface area contributed by atoms with Crippen molar-refractivity contribution in [3.8, 4) is 11.3 Å². The SMILES string of the molecule is CC1CCN(C(C)C(=O)Nc2nc(-c3ccc(F)c(F)c3)cs2)CC1. The Morgan fingerprint density at radius 2 is 2.04 bits per heavy atom. The lowest BCUT2D eigenvalue weighted by Gasteiger charge is -2.33. The van der Waals surface area contributed by atoms with Crippen LogP contribution in [0.25, 0.3) is 11.3 Å². The molecule has 134 valence electrons. The fourth-order valence-electron chi connectivity index (χ4n) is 2.91. The minimum Gasteiger partial charge on any atom is -0.301 e. The molecule has 1 amide bonds. The molecule has 1 fully saturated rings. The van der Waals surface area contributed by atoms with Crippen molar-refractivity contribution in [2.45, 2.75) is 32.7 Å². The van der Waals surface area contributed by atoms with Crippen molar-refractivity contribution in [3.05, 3.63) is 35.2 Å². The number of carbonyl (C=O) groups is 1. The molecule has 0 spiro atoms. The van der Waals surface area contributed by atoms with Crippen molar-refractivity contribution >= 4 is 22.4 Å². The first kappa shape index (κ1) is 17.9. The van der Waals surface area contributed by atoms with Crippen molar-refractivity contribution in [3.63, 3.8) is 0 Å². The molecular weight excluding hydrogens is 344 g/mol. The number of benzene rings is 1. The van der Waals surface area contributed by atoms with Gasteiger partial charge in [-0.05, 0) is 57.0 Å². The van der Waals surface area contributed by atoms with Crippen LogP contribution in [0.5, 0.6) is 0 Å². The summed E-state index contributed by atoms with van der Waals surface area (Å²) in [6.45, 7) is 5.98. The molecule has 1 aromatic heterocycles. The number of nitrogens with zero attached hydrogens (tertiary/aromatic N) is 2. The largest absolute Gasteiger partial charge is 0.301 e. The number of amides is 1. The Kier molecular flexibility index (Phi) is 5.44. The number of carbonyl (C=O) groups excluding carboxylic acids is 1. The summed E-state index contributed by atoms with van der Waals surface area (Å²) in [5, 5.41) is 5.00. The third-order valence-corrected chi connectivity index (χ3v) is 5.45. The first-order valence-corrected chi connectivity index (χ1v) is 9.28. The lowest BCUT2D eigenvalue weighted by Crippen LogP contribution is -2.45. The summed E-state index contributed by atoms with van der Waals surface area (Å²) in [5.41, 5.74) is 0.993. The molecule has 2 aromatic rings. The van der Waals surface area contributed by atoms with Crippen LogP contribution in [-0.4, -0.2) is 34.9 Å². The van der Waals surface area contributed by atoms with Crippen LogP contribution in [0.2, 0.25) is 0 Å². The Morgan fingerprint density at radius 1 is 1.32 bits per heavy atom. The number of anilines is 1. The average Bonchev–Trinajstić information content (AvgIpc) is 3.06. The van der Waals surface area contributed by atoms with Crippen molar-refractivity contribution < 1.29 is 13.6 Å². The van der Waals surface area contributed by atoms with E-state index in [4.69, 9.17) is 0 Å². The van der Waals surface area contributed by atoms with Crippen molar-refractivity contribution in [2.75, 3.05) is 18.4 Å². The zero-order valence-corrected chi connectivity index (χ0v) is 15.1. The first-order valence-electron chi connectivity index (χ1n) is 8.40. The summed E-state index contributed by atoms with van der Waals surface area (Å²) in [6, 6.07) is 3.43. The maximum atomic E-state index is 13.3. The highest BCUT2D eigenvalue weighted by molar-refractivity contribution is 7.14. The molecule has 25 heavy (non-hydrogen) atoms. The number of hydrogen-bond donors (Lipinski definition) is 1. The predicted octanol–water partition coefficient (Wildman–Crippen LogP) is 4.15. The standard InChI is InChI=1S/C18H21F2N3OS/c1-11-5-7-23(8-6-11)12(2)17(24)22-18-21-16(10-25-18)13-3-4-14(19)15(20)9-13/h3-4,9-12H,5-8H2,1-2H3,(H,21,22,24). The zero-order valence-electron chi connectivity index (χ0n) is 14.3. The topological polar surface area (TPSA) is 45.2 Å². The Bertz CT molecular complexity index is 757. The van der Waals surface area contributed by atoms with Gasteiger partial charge >= 0.3 is 0 Å². The van der Waals surface area contributed by atoms with E-state index in [1.54, 1.807) is 5.38 Å². The summed E-state index contributed by atoms with van der Waals surface area (Å²) in [4.78, 5) is 18.9. The van der Waals surface area contributed by atoms with Gasteiger partial charge in [-0.3, -0.25) is 9.69 Å². The number of aromatic nitrogens is 1. The fraction of sp³-hybridized carbons (Fsp3) is 0.444. The Hall–Kier alpha value is -1.86. The minimum absolute atomic E-state index is 0.0965. The monoisotopic (exact) mass is 365 g/mol. The lowest BCUT2D eigenvalue weighted by molar-refractivity contribution is -0.121. The van der Waals surface area contributed by atoms with E-state index in [1.807, 2.05) is 6.92 Å². The van der Waals surface area contributed by atoms with E-state index in [2.05, 4.69) is 22.1 Å². The van der Waals surface area contributed by atoms with E-state index in [1.165, 1.54) is 17.4 Å². The molecule has 1 aliphatic heterocycles. The highest BCUT2D eigenvalue weighted by atomic mass is 32.1. The molecule has 2 heterocycles. The molecule has 4 nitrogen and oxygen atoms in total. The van der Waals surface area contributed by atoms with Crippen LogP contribution in [0.3, 0.4) is 0 Å². The van der Waals surface area contributed by atoms with Gasteiger partial charge in [-0.2, -0.15) is 0 Å². The highest BCUT2D eigenvalue weighted by Crippen LogP contribution is 2.26. The molecule has 1 N–H and O–H groups in total. The Balaban J connectivity index is 1.64. The molecule has 3 rings (SSSR count). The number of halogens is 2. The molecule has 1 atom stereocenters. The quantitative estimate of drug-likeness (QED) is 0.885. The second kappa shape index (κ2) is 7.58. The second-order valence-corrected chi connectivity index (χ2v) is 7.41. The molecule has 1 unspecified atom stereocenters. The first-order chi connectivity index (χ1) is 11.9. The molecule has 1 aliphatic rings. The molecule has 0 radical (unpaired) electrons. The van der Waals surface area contributed by atoms with Gasteiger partial charge < -0.3 is 5.32 Å². The van der Waals surface area contributed by atoms with Crippen LogP contribution < -0.4 is 5.32 Å². The molecule has 0 aliphatic carbocycles. The molecule has 0 saturated carbocycles. The lowest BCUT2D eigenvalue weighted by atomic mass is 9.98. The molecule has 1 aromatic carbocycles. The summed E-state index contributed by atoms with van der Waals surface area (Å²) in [5.74, 6) is -1.19. The second-order valence-electron chi connectivity index (χ2n) is 6.55. The smallest absolute Gasteiger partial charge is 0.243 e. The fourth-order valence-corrected chi connectivity index (χ4v) is 3.63. The minimum atomic E-state index is -0.913. The van der Waals surface area contributed by atoms with Crippen molar-refractivity contribution in [1.82, 2.24) is 9.88 Å². The van der Waals surface area contributed by atoms with Gasteiger partial charge in [0.15, 0.2) is 16.8 Å². The van der Waals surface area contributed by atoms with Gasteiger partial charge in [-0.25, -0.2) is 13.8 Å². The average molecular weight is 365 g/mol. The zero-order chi connectivity index (χ0) is 18.0. The van der Waals surface area contributed by atoms with E-state index in [9.17, 15) is 13.6 Å². The summed E-state index contributed by atoms with van der Waals surface area (Å²) >= 11 is 1.27. The third-order valence-electron chi connectivity index (χ3n) is 4.70. The van der Waals surface area contributed by atoms with Crippen molar-refractivity contribution in [2.24, 2.45) is 5.92 Å². The summed E-state index contributed by atoms with van der Waals surface area (Å²) < 4.78 is 26.4. The molecule has 0 bridgehead atoms. The number of piperidine rings is 1. The number of thiazole rings is 1. The van der Waals surface area contributed by atoms with Gasteiger partial charge in [0.2, 0.25) is 5.91 Å². The van der Waals surface area contributed by atoms with Crippen LogP contribution in [0.4, 0.5) is 13.9 Å². The van der Waals surface area contributed by atoms with Crippen molar-refractivity contribution in [1.29, 1.82) is 0 Å². The van der Waals surface area contributed by atoms with Crippen LogP contribution in [0.15, 0.2) is 23.6 Å². The number of rotatable bonds is 4. The number of hydrogen-bond acceptors (Lipinski definition) is 4. The van der Waals surface area contributed by atoms with Gasteiger partial charge in [-0.1, -0.05) is 6.92 Å². The van der Waals surface area contributed by atoms with Crippen LogP contribution in [0.1, 0.15) is 26.7 Å². The van der Waals surface area contributed by atoms with E-state index in [0.717, 1.165) is 38.1 Å². The van der Waals surface area contributed by atoms with Crippen LogP contribution in [-0.2, 0) is 4.79 Å². The van der Waals surface area contributed by atoms with Crippen LogP contribution >= 0.6 is 11.3 Å². The number of likely N-dealkylation sites (tertiary alicyclic amines) is 1. The summed E-state index contributed by atoms with van der Waals surface area (Å²) in [6.07, 6.45) is 2.21. The predicted molar refractivity (Wildman–Crippen MR) is 95.5 cm³/mol. The Morgan fingerprint density at radius 3 is 2.72 bits per heavy atom. The maximum absolute atomic E-state index is 13.3. The van der Waals surface area contributed by atoms with Gasteiger partial charge in [0.25, 0.3) is 0 Å². The normalized spacial score (nSPS) is 17.4. The van der Waals surface area contributed by atoms with E-state index >= 15 is 0 Å². The highest BCUT2D eigenvalue weighted by Gasteiger charge is 2.25.